The zero-order valence-electron chi connectivity index (χ0n) is 7.39. The Morgan fingerprint density at radius 2 is 1.64 bits per heavy atom. The highest BCUT2D eigenvalue weighted by molar-refractivity contribution is 5.85. The first-order valence-electron chi connectivity index (χ1n) is 4.35. The highest BCUT2D eigenvalue weighted by Gasteiger charge is 2.56. The Hall–Kier alpha value is 0.250. The highest BCUT2D eigenvalue weighted by Crippen LogP contribution is 2.58. The molecule has 0 heterocycles. The maximum Gasteiger partial charge on any atom is 0.0208 e. The van der Waals surface area contributed by atoms with Crippen LogP contribution in [-0.4, -0.2) is 5.54 Å². The van der Waals surface area contributed by atoms with E-state index in [1.807, 2.05) is 0 Å². The summed E-state index contributed by atoms with van der Waals surface area (Å²) in [5.74, 6) is 0.928. The SMILES string of the molecule is CC1(C)C2CCC1(N)CC2.Cl. The molecule has 2 rings (SSSR count). The second-order valence-corrected chi connectivity index (χ2v) is 4.65. The van der Waals surface area contributed by atoms with Gasteiger partial charge in [-0.05, 0) is 37.0 Å². The van der Waals surface area contributed by atoms with Gasteiger partial charge in [-0.1, -0.05) is 13.8 Å². The van der Waals surface area contributed by atoms with Crippen molar-refractivity contribution in [3.05, 3.63) is 0 Å². The van der Waals surface area contributed by atoms with Crippen molar-refractivity contribution >= 4 is 12.4 Å². The standard InChI is InChI=1S/C9H17N.ClH/c1-8(2)7-3-5-9(8,10)6-4-7;/h7H,3-6,10H2,1-2H3;1H. The van der Waals surface area contributed by atoms with Crippen LogP contribution in [0.4, 0.5) is 0 Å². The van der Waals surface area contributed by atoms with E-state index in [0.717, 1.165) is 5.92 Å². The first kappa shape index (κ1) is 9.34. The van der Waals surface area contributed by atoms with E-state index in [4.69, 9.17) is 5.73 Å². The molecule has 2 N–H and O–H groups in total. The van der Waals surface area contributed by atoms with E-state index < -0.39 is 0 Å². The Morgan fingerprint density at radius 1 is 1.18 bits per heavy atom. The smallest absolute Gasteiger partial charge is 0.0208 e. The third-order valence-electron chi connectivity index (χ3n) is 4.18. The fourth-order valence-corrected chi connectivity index (χ4v) is 2.91. The van der Waals surface area contributed by atoms with Crippen molar-refractivity contribution in [1.29, 1.82) is 0 Å². The quantitative estimate of drug-likeness (QED) is 0.601. The van der Waals surface area contributed by atoms with Crippen molar-refractivity contribution in [2.75, 3.05) is 0 Å². The molecule has 11 heavy (non-hydrogen) atoms. The molecule has 0 radical (unpaired) electrons. The molecular weight excluding hydrogens is 158 g/mol. The molecule has 2 aliphatic carbocycles. The first-order valence-corrected chi connectivity index (χ1v) is 4.35. The molecule has 2 bridgehead atoms. The molecular formula is C9H18ClN. The predicted octanol–water partition coefficient (Wildman–Crippen LogP) is 2.34. The van der Waals surface area contributed by atoms with Crippen LogP contribution >= 0.6 is 12.4 Å². The van der Waals surface area contributed by atoms with Crippen molar-refractivity contribution in [2.24, 2.45) is 17.1 Å². The number of hydrogen-bond donors (Lipinski definition) is 1. The first-order chi connectivity index (χ1) is 4.56. The maximum atomic E-state index is 6.28. The summed E-state index contributed by atoms with van der Waals surface area (Å²) in [4.78, 5) is 0. The van der Waals surface area contributed by atoms with Crippen LogP contribution in [0.5, 0.6) is 0 Å². The molecule has 0 unspecified atom stereocenters. The van der Waals surface area contributed by atoms with E-state index in [1.165, 1.54) is 25.7 Å². The van der Waals surface area contributed by atoms with Gasteiger partial charge in [0.05, 0.1) is 0 Å². The summed E-state index contributed by atoms with van der Waals surface area (Å²) in [5, 5.41) is 0. The molecule has 2 fully saturated rings. The second kappa shape index (κ2) is 2.37. The van der Waals surface area contributed by atoms with Crippen molar-refractivity contribution < 1.29 is 0 Å². The summed E-state index contributed by atoms with van der Waals surface area (Å²) in [7, 11) is 0. The number of hydrogen-bond acceptors (Lipinski definition) is 1. The van der Waals surface area contributed by atoms with Crippen molar-refractivity contribution in [3.8, 4) is 0 Å². The Balaban J connectivity index is 0.000000605. The lowest BCUT2D eigenvalue weighted by Gasteiger charge is -2.33. The van der Waals surface area contributed by atoms with E-state index >= 15 is 0 Å². The van der Waals surface area contributed by atoms with Crippen LogP contribution in [0.2, 0.25) is 0 Å². The van der Waals surface area contributed by atoms with Gasteiger partial charge >= 0.3 is 0 Å². The van der Waals surface area contributed by atoms with Crippen molar-refractivity contribution in [3.63, 3.8) is 0 Å². The van der Waals surface area contributed by atoms with Crippen LogP contribution in [0, 0.1) is 11.3 Å². The molecule has 1 nitrogen and oxygen atoms in total. The molecule has 66 valence electrons. The number of rotatable bonds is 0. The van der Waals surface area contributed by atoms with Crippen molar-refractivity contribution in [2.45, 2.75) is 45.1 Å². The molecule has 0 atom stereocenters. The van der Waals surface area contributed by atoms with Gasteiger partial charge in [-0.3, -0.25) is 0 Å². The molecule has 0 aromatic heterocycles. The minimum Gasteiger partial charge on any atom is -0.325 e. The third-order valence-corrected chi connectivity index (χ3v) is 4.18. The van der Waals surface area contributed by atoms with Gasteiger partial charge in [-0.25, -0.2) is 0 Å². The Morgan fingerprint density at radius 3 is 1.73 bits per heavy atom. The number of fused-ring (bicyclic) bond motifs is 2. The largest absolute Gasteiger partial charge is 0.325 e. The minimum absolute atomic E-state index is 0. The zero-order chi connectivity index (χ0) is 7.41. The molecule has 2 heteroatoms. The predicted molar refractivity (Wildman–Crippen MR) is 49.9 cm³/mol. The van der Waals surface area contributed by atoms with Gasteiger partial charge in [0.15, 0.2) is 0 Å². The molecule has 0 spiro atoms. The van der Waals surface area contributed by atoms with Gasteiger partial charge in [-0.2, -0.15) is 0 Å². The van der Waals surface area contributed by atoms with Crippen LogP contribution in [0.15, 0.2) is 0 Å². The van der Waals surface area contributed by atoms with Gasteiger partial charge < -0.3 is 5.73 Å². The van der Waals surface area contributed by atoms with Gasteiger partial charge in [-0.15, -0.1) is 12.4 Å². The Bertz CT molecular complexity index is 154. The van der Waals surface area contributed by atoms with E-state index in [9.17, 15) is 0 Å². The lowest BCUT2D eigenvalue weighted by atomic mass is 9.77. The Kier molecular flexibility index (Phi) is 2.01. The van der Waals surface area contributed by atoms with Gasteiger partial charge in [0.2, 0.25) is 0 Å². The van der Waals surface area contributed by atoms with E-state index in [1.54, 1.807) is 0 Å². The third kappa shape index (κ3) is 0.940. The van der Waals surface area contributed by atoms with Gasteiger partial charge in [0.25, 0.3) is 0 Å². The molecule has 0 aromatic rings. The van der Waals surface area contributed by atoms with Crippen LogP contribution < -0.4 is 5.73 Å². The van der Waals surface area contributed by atoms with Gasteiger partial charge in [0, 0.05) is 5.54 Å². The summed E-state index contributed by atoms with van der Waals surface area (Å²) in [6.07, 6.45) is 5.29. The second-order valence-electron chi connectivity index (χ2n) is 4.65. The monoisotopic (exact) mass is 175 g/mol. The summed E-state index contributed by atoms with van der Waals surface area (Å²) < 4.78 is 0. The average Bonchev–Trinajstić information content (AvgIpc) is 2.18. The molecule has 0 aliphatic heterocycles. The van der Waals surface area contributed by atoms with Crippen LogP contribution in [-0.2, 0) is 0 Å². The zero-order valence-corrected chi connectivity index (χ0v) is 8.21. The lowest BCUT2D eigenvalue weighted by molar-refractivity contribution is 0.220. The summed E-state index contributed by atoms with van der Waals surface area (Å²) >= 11 is 0. The summed E-state index contributed by atoms with van der Waals surface area (Å²) in [5.41, 5.74) is 6.92. The molecule has 2 saturated carbocycles. The van der Waals surface area contributed by atoms with Gasteiger partial charge in [0.1, 0.15) is 0 Å². The lowest BCUT2D eigenvalue weighted by Crippen LogP contribution is -2.46. The topological polar surface area (TPSA) is 26.0 Å². The van der Waals surface area contributed by atoms with Crippen LogP contribution in [0.3, 0.4) is 0 Å². The fraction of sp³-hybridized carbons (Fsp3) is 1.00. The average molecular weight is 176 g/mol. The van der Waals surface area contributed by atoms with Crippen LogP contribution in [0.25, 0.3) is 0 Å². The Labute approximate surface area is 75.1 Å². The van der Waals surface area contributed by atoms with Crippen molar-refractivity contribution in [1.82, 2.24) is 0 Å². The molecule has 0 saturated heterocycles. The summed E-state index contributed by atoms with van der Waals surface area (Å²) in [6, 6.07) is 0. The normalized spacial score (nSPS) is 45.5. The highest BCUT2D eigenvalue weighted by atomic mass is 35.5. The minimum atomic E-state index is 0. The van der Waals surface area contributed by atoms with Crippen LogP contribution in [0.1, 0.15) is 39.5 Å². The van der Waals surface area contributed by atoms with E-state index in [2.05, 4.69) is 13.8 Å². The maximum absolute atomic E-state index is 6.28. The van der Waals surface area contributed by atoms with E-state index in [-0.39, 0.29) is 17.9 Å². The summed E-state index contributed by atoms with van der Waals surface area (Å²) in [6.45, 7) is 4.69. The number of halogens is 1. The van der Waals surface area contributed by atoms with E-state index in [0.29, 0.717) is 5.41 Å². The molecule has 2 aliphatic rings. The fourth-order valence-electron chi connectivity index (χ4n) is 2.91. The number of nitrogens with two attached hydrogens (primary N) is 1. The molecule has 0 aromatic carbocycles. The molecule has 0 amide bonds.